The molecule has 6 nitrogen and oxygen atoms in total. The summed E-state index contributed by atoms with van der Waals surface area (Å²) in [6.45, 7) is 0.316. The van der Waals surface area contributed by atoms with Crippen molar-refractivity contribution in [2.45, 2.75) is 13.0 Å². The van der Waals surface area contributed by atoms with E-state index in [9.17, 15) is 4.79 Å². The Morgan fingerprint density at radius 2 is 2.04 bits per heavy atom. The minimum atomic E-state index is -0.0850. The highest BCUT2D eigenvalue weighted by atomic mass is 35.5. The first kappa shape index (κ1) is 17.0. The van der Waals surface area contributed by atoms with Gasteiger partial charge in [-0.25, -0.2) is 4.68 Å². The van der Waals surface area contributed by atoms with Crippen LogP contribution < -0.4 is 10.1 Å². The zero-order valence-electron chi connectivity index (χ0n) is 13.6. The van der Waals surface area contributed by atoms with E-state index in [0.29, 0.717) is 23.7 Å². The molecule has 0 bridgehead atoms. The highest BCUT2D eigenvalue weighted by Crippen LogP contribution is 2.15. The van der Waals surface area contributed by atoms with Crippen molar-refractivity contribution in [3.05, 3.63) is 71.0 Å². The number of nitrogens with one attached hydrogen (secondary N) is 1. The SMILES string of the molecule is COc1cccc(-n2cc(CNC(=O)Cc3ccc(Cl)cc3)nn2)c1. The quantitative estimate of drug-likeness (QED) is 0.737. The van der Waals surface area contributed by atoms with E-state index in [1.165, 1.54) is 0 Å². The minimum Gasteiger partial charge on any atom is -0.497 e. The first-order valence-corrected chi connectivity index (χ1v) is 8.08. The minimum absolute atomic E-state index is 0.0850. The fraction of sp³-hybridized carbons (Fsp3) is 0.167. The van der Waals surface area contributed by atoms with Gasteiger partial charge in [0.2, 0.25) is 5.91 Å². The van der Waals surface area contributed by atoms with Crippen LogP contribution in [0.1, 0.15) is 11.3 Å². The van der Waals surface area contributed by atoms with Crippen molar-refractivity contribution >= 4 is 17.5 Å². The summed E-state index contributed by atoms with van der Waals surface area (Å²) in [7, 11) is 1.61. The van der Waals surface area contributed by atoms with Crippen LogP contribution in [0.2, 0.25) is 5.02 Å². The Bertz CT molecular complexity index is 862. The van der Waals surface area contributed by atoms with Gasteiger partial charge < -0.3 is 10.1 Å². The summed E-state index contributed by atoms with van der Waals surface area (Å²) in [6, 6.07) is 14.7. The molecule has 3 rings (SSSR count). The van der Waals surface area contributed by atoms with Crippen LogP contribution in [0.3, 0.4) is 0 Å². The van der Waals surface area contributed by atoms with Crippen molar-refractivity contribution in [1.29, 1.82) is 0 Å². The lowest BCUT2D eigenvalue weighted by atomic mass is 10.1. The smallest absolute Gasteiger partial charge is 0.224 e. The van der Waals surface area contributed by atoms with Gasteiger partial charge in [-0.15, -0.1) is 5.10 Å². The number of aromatic nitrogens is 3. The summed E-state index contributed by atoms with van der Waals surface area (Å²) < 4.78 is 6.84. The molecule has 128 valence electrons. The molecular weight excluding hydrogens is 340 g/mol. The Balaban J connectivity index is 1.57. The molecule has 2 aromatic carbocycles. The molecule has 0 fully saturated rings. The molecule has 0 aliphatic carbocycles. The predicted octanol–water partition coefficient (Wildman–Crippen LogP) is 2.79. The van der Waals surface area contributed by atoms with Gasteiger partial charge in [0.1, 0.15) is 11.4 Å². The Hall–Kier alpha value is -2.86. The summed E-state index contributed by atoms with van der Waals surface area (Å²) in [4.78, 5) is 12.0. The summed E-state index contributed by atoms with van der Waals surface area (Å²) in [6.07, 6.45) is 2.07. The number of hydrogen-bond donors (Lipinski definition) is 1. The Labute approximate surface area is 150 Å². The van der Waals surface area contributed by atoms with E-state index in [1.807, 2.05) is 36.4 Å². The van der Waals surface area contributed by atoms with Crippen LogP contribution in [0.4, 0.5) is 0 Å². The maximum absolute atomic E-state index is 12.0. The Morgan fingerprint density at radius 3 is 2.80 bits per heavy atom. The average molecular weight is 357 g/mol. The molecule has 0 atom stereocenters. The molecule has 7 heteroatoms. The van der Waals surface area contributed by atoms with Crippen LogP contribution in [0.25, 0.3) is 5.69 Å². The third-order valence-corrected chi connectivity index (χ3v) is 3.86. The molecular formula is C18H17ClN4O2. The summed E-state index contributed by atoms with van der Waals surface area (Å²) >= 11 is 5.84. The van der Waals surface area contributed by atoms with E-state index in [1.54, 1.807) is 30.1 Å². The number of ether oxygens (including phenoxy) is 1. The van der Waals surface area contributed by atoms with Crippen LogP contribution >= 0.6 is 11.6 Å². The molecule has 3 aromatic rings. The van der Waals surface area contributed by atoms with E-state index < -0.39 is 0 Å². The normalized spacial score (nSPS) is 10.5. The topological polar surface area (TPSA) is 69.0 Å². The highest BCUT2D eigenvalue weighted by Gasteiger charge is 2.07. The molecule has 25 heavy (non-hydrogen) atoms. The van der Waals surface area contributed by atoms with E-state index >= 15 is 0 Å². The standard InChI is InChI=1S/C18H17ClN4O2/c1-25-17-4-2-3-16(10-17)23-12-15(21-22-23)11-20-18(24)9-13-5-7-14(19)8-6-13/h2-8,10,12H,9,11H2,1H3,(H,20,24). The lowest BCUT2D eigenvalue weighted by Gasteiger charge is -2.04. The molecule has 1 N–H and O–H groups in total. The molecule has 0 saturated carbocycles. The maximum atomic E-state index is 12.0. The van der Waals surface area contributed by atoms with Crippen LogP contribution in [-0.2, 0) is 17.8 Å². The second-order valence-electron chi connectivity index (χ2n) is 5.44. The van der Waals surface area contributed by atoms with E-state index in [-0.39, 0.29) is 5.91 Å². The Morgan fingerprint density at radius 1 is 1.24 bits per heavy atom. The zero-order valence-corrected chi connectivity index (χ0v) is 14.4. The number of methoxy groups -OCH3 is 1. The predicted molar refractivity (Wildman–Crippen MR) is 94.9 cm³/mol. The van der Waals surface area contributed by atoms with Crippen molar-refractivity contribution in [2.75, 3.05) is 7.11 Å². The molecule has 0 radical (unpaired) electrons. The lowest BCUT2D eigenvalue weighted by molar-refractivity contribution is -0.120. The van der Waals surface area contributed by atoms with Crippen LogP contribution in [-0.4, -0.2) is 28.0 Å². The van der Waals surface area contributed by atoms with Gasteiger partial charge in [-0.1, -0.05) is 35.0 Å². The van der Waals surface area contributed by atoms with Gasteiger partial charge in [0, 0.05) is 11.1 Å². The van der Waals surface area contributed by atoms with Crippen LogP contribution in [0.15, 0.2) is 54.7 Å². The van der Waals surface area contributed by atoms with Crippen LogP contribution in [0.5, 0.6) is 5.75 Å². The lowest BCUT2D eigenvalue weighted by Crippen LogP contribution is -2.24. The molecule has 1 heterocycles. The first-order chi connectivity index (χ1) is 12.1. The third-order valence-electron chi connectivity index (χ3n) is 3.60. The van der Waals surface area contributed by atoms with Gasteiger partial charge in [0.05, 0.1) is 32.0 Å². The van der Waals surface area contributed by atoms with Gasteiger partial charge in [-0.05, 0) is 29.8 Å². The second kappa shape index (κ2) is 7.81. The van der Waals surface area contributed by atoms with Crippen molar-refractivity contribution in [3.63, 3.8) is 0 Å². The van der Waals surface area contributed by atoms with E-state index in [0.717, 1.165) is 17.0 Å². The van der Waals surface area contributed by atoms with Crippen molar-refractivity contribution in [3.8, 4) is 11.4 Å². The molecule has 0 aliphatic rings. The zero-order chi connectivity index (χ0) is 17.6. The van der Waals surface area contributed by atoms with E-state index in [2.05, 4.69) is 15.6 Å². The second-order valence-corrected chi connectivity index (χ2v) is 5.87. The number of carbonyl (C=O) groups is 1. The summed E-state index contributed by atoms with van der Waals surface area (Å²) in [5, 5.41) is 11.6. The number of nitrogens with zero attached hydrogens (tertiary/aromatic N) is 3. The highest BCUT2D eigenvalue weighted by molar-refractivity contribution is 6.30. The summed E-state index contributed by atoms with van der Waals surface area (Å²) in [5.41, 5.74) is 2.42. The van der Waals surface area contributed by atoms with Crippen molar-refractivity contribution in [1.82, 2.24) is 20.3 Å². The van der Waals surface area contributed by atoms with Crippen molar-refractivity contribution in [2.24, 2.45) is 0 Å². The van der Waals surface area contributed by atoms with E-state index in [4.69, 9.17) is 16.3 Å². The third kappa shape index (κ3) is 4.58. The first-order valence-electron chi connectivity index (χ1n) is 7.71. The number of halogens is 1. The molecule has 1 amide bonds. The largest absolute Gasteiger partial charge is 0.497 e. The molecule has 0 unspecified atom stereocenters. The Kier molecular flexibility index (Phi) is 5.30. The fourth-order valence-corrected chi connectivity index (χ4v) is 2.42. The number of hydrogen-bond acceptors (Lipinski definition) is 4. The number of amides is 1. The average Bonchev–Trinajstić information content (AvgIpc) is 3.11. The van der Waals surface area contributed by atoms with Crippen molar-refractivity contribution < 1.29 is 9.53 Å². The monoisotopic (exact) mass is 356 g/mol. The van der Waals surface area contributed by atoms with Gasteiger partial charge in [0.15, 0.2) is 0 Å². The van der Waals surface area contributed by atoms with Gasteiger partial charge in [0.25, 0.3) is 0 Å². The summed E-state index contributed by atoms with van der Waals surface area (Å²) in [5.74, 6) is 0.657. The maximum Gasteiger partial charge on any atom is 0.224 e. The van der Waals surface area contributed by atoms with Gasteiger partial charge in [-0.2, -0.15) is 0 Å². The number of carbonyl (C=O) groups excluding carboxylic acids is 1. The van der Waals surface area contributed by atoms with Crippen LogP contribution in [0, 0.1) is 0 Å². The number of benzene rings is 2. The van der Waals surface area contributed by atoms with Gasteiger partial charge >= 0.3 is 0 Å². The molecule has 1 aromatic heterocycles. The fourth-order valence-electron chi connectivity index (χ4n) is 2.30. The molecule has 0 spiro atoms. The molecule has 0 aliphatic heterocycles. The number of rotatable bonds is 6. The molecule has 0 saturated heterocycles. The van der Waals surface area contributed by atoms with Gasteiger partial charge in [-0.3, -0.25) is 4.79 Å².